The van der Waals surface area contributed by atoms with Gasteiger partial charge in [-0.25, -0.2) is 4.39 Å². The number of aryl methyl sites for hydroxylation is 1. The van der Waals surface area contributed by atoms with E-state index in [2.05, 4.69) is 15.5 Å². The molecule has 4 rings (SSSR count). The van der Waals surface area contributed by atoms with Gasteiger partial charge in [0.2, 0.25) is 11.6 Å². The minimum absolute atomic E-state index is 0.0746. The number of halogens is 2. The number of rotatable bonds is 6. The maximum atomic E-state index is 13.2. The number of methoxy groups -OCH3 is 1. The van der Waals surface area contributed by atoms with E-state index in [1.165, 1.54) is 22.8 Å². The fraction of sp³-hybridized carbons (Fsp3) is 0.143. The van der Waals surface area contributed by atoms with Gasteiger partial charge in [0.25, 0.3) is 0 Å². The second-order valence-corrected chi connectivity index (χ2v) is 7.07. The third-order valence-corrected chi connectivity index (χ3v) is 4.96. The first-order valence-electron chi connectivity index (χ1n) is 9.31. The molecule has 10 heteroatoms. The number of amides is 1. The summed E-state index contributed by atoms with van der Waals surface area (Å²) in [5, 5.41) is 10.6. The summed E-state index contributed by atoms with van der Waals surface area (Å²) in [6.07, 6.45) is 3.64. The van der Waals surface area contributed by atoms with E-state index in [0.717, 1.165) is 0 Å². The van der Waals surface area contributed by atoms with Crippen LogP contribution in [0.3, 0.4) is 0 Å². The van der Waals surface area contributed by atoms with E-state index in [1.54, 1.807) is 48.2 Å². The number of hydrogen-bond acceptors (Lipinski definition) is 5. The van der Waals surface area contributed by atoms with Gasteiger partial charge in [-0.15, -0.1) is 10.2 Å². The van der Waals surface area contributed by atoms with Crippen molar-refractivity contribution < 1.29 is 13.9 Å². The van der Waals surface area contributed by atoms with Crippen LogP contribution in [0.4, 0.5) is 10.1 Å². The largest absolute Gasteiger partial charge is 0.497 e. The van der Waals surface area contributed by atoms with Gasteiger partial charge in [-0.2, -0.15) is 0 Å². The quantitative estimate of drug-likeness (QED) is 0.496. The summed E-state index contributed by atoms with van der Waals surface area (Å²) in [5.41, 5.74) is 0.871. The maximum absolute atomic E-state index is 13.2. The molecule has 0 atom stereocenters. The molecule has 0 bridgehead atoms. The van der Waals surface area contributed by atoms with Crippen LogP contribution in [0.25, 0.3) is 11.3 Å². The van der Waals surface area contributed by atoms with E-state index in [0.29, 0.717) is 22.9 Å². The summed E-state index contributed by atoms with van der Waals surface area (Å²) in [7, 11) is 1.57. The lowest BCUT2D eigenvalue weighted by molar-refractivity contribution is -0.116. The Morgan fingerprint density at radius 1 is 1.16 bits per heavy atom. The van der Waals surface area contributed by atoms with Crippen LogP contribution in [-0.4, -0.2) is 32.2 Å². The van der Waals surface area contributed by atoms with Crippen molar-refractivity contribution in [3.05, 3.63) is 81.9 Å². The Kier molecular flexibility index (Phi) is 5.68. The molecule has 0 aliphatic rings. The van der Waals surface area contributed by atoms with Crippen molar-refractivity contribution in [2.24, 2.45) is 0 Å². The van der Waals surface area contributed by atoms with Crippen LogP contribution in [0.5, 0.6) is 5.75 Å². The van der Waals surface area contributed by atoms with Crippen molar-refractivity contribution in [1.82, 2.24) is 19.2 Å². The molecule has 2 aromatic carbocycles. The molecule has 0 unspecified atom stereocenters. The number of anilines is 1. The minimum atomic E-state index is -0.560. The summed E-state index contributed by atoms with van der Waals surface area (Å²) in [6.45, 7) is 0. The lowest BCUT2D eigenvalue weighted by Gasteiger charge is -2.08. The molecule has 31 heavy (non-hydrogen) atoms. The predicted molar refractivity (Wildman–Crippen MR) is 113 cm³/mol. The van der Waals surface area contributed by atoms with Crippen molar-refractivity contribution in [3.8, 4) is 11.4 Å². The van der Waals surface area contributed by atoms with E-state index in [-0.39, 0.29) is 35.0 Å². The highest BCUT2D eigenvalue weighted by Crippen LogP contribution is 2.19. The molecular weight excluding hydrogens is 425 g/mol. The van der Waals surface area contributed by atoms with E-state index >= 15 is 0 Å². The first kappa shape index (κ1) is 20.5. The van der Waals surface area contributed by atoms with Gasteiger partial charge >= 0.3 is 5.56 Å². The average Bonchev–Trinajstić information content (AvgIpc) is 3.19. The predicted octanol–water partition coefficient (Wildman–Crippen LogP) is 3.25. The zero-order valence-electron chi connectivity index (χ0n) is 16.4. The summed E-state index contributed by atoms with van der Waals surface area (Å²) in [6, 6.07) is 11.0. The Labute approximate surface area is 180 Å². The van der Waals surface area contributed by atoms with E-state index in [4.69, 9.17) is 16.3 Å². The van der Waals surface area contributed by atoms with Crippen LogP contribution in [0, 0.1) is 5.82 Å². The highest BCUT2D eigenvalue weighted by atomic mass is 35.5. The number of hydrogen-bond donors (Lipinski definition) is 1. The fourth-order valence-electron chi connectivity index (χ4n) is 3.07. The lowest BCUT2D eigenvalue weighted by Crippen LogP contribution is -2.20. The molecule has 1 amide bonds. The number of ether oxygens (including phenoxy) is 1. The Morgan fingerprint density at radius 3 is 2.65 bits per heavy atom. The van der Waals surface area contributed by atoms with Gasteiger partial charge in [0.1, 0.15) is 17.4 Å². The van der Waals surface area contributed by atoms with Crippen molar-refractivity contribution >= 4 is 28.8 Å². The standard InChI is InChI=1S/C21H17ClFN5O3/c1-31-15-5-3-14(4-6-15)27-10-11-28-18(25-26-20(28)21(27)30)8-9-19(29)24-13-2-7-17(23)16(22)12-13/h2-7,10-12H,8-9H2,1H3,(H,24,29). The minimum Gasteiger partial charge on any atom is -0.497 e. The van der Waals surface area contributed by atoms with Crippen molar-refractivity contribution in [1.29, 1.82) is 0 Å². The maximum Gasteiger partial charge on any atom is 0.300 e. The van der Waals surface area contributed by atoms with Crippen molar-refractivity contribution in [3.63, 3.8) is 0 Å². The Hall–Kier alpha value is -3.72. The smallest absolute Gasteiger partial charge is 0.300 e. The number of nitrogens with zero attached hydrogens (tertiary/aromatic N) is 4. The molecular formula is C21H17ClFN5O3. The highest BCUT2D eigenvalue weighted by molar-refractivity contribution is 6.31. The van der Waals surface area contributed by atoms with Crippen LogP contribution in [0.2, 0.25) is 5.02 Å². The molecule has 0 fully saturated rings. The molecule has 0 saturated heterocycles. The van der Waals surface area contributed by atoms with Crippen LogP contribution in [0.1, 0.15) is 12.2 Å². The molecule has 0 spiro atoms. The second kappa shape index (κ2) is 8.57. The van der Waals surface area contributed by atoms with Gasteiger partial charge in [-0.05, 0) is 42.5 Å². The molecule has 158 valence electrons. The van der Waals surface area contributed by atoms with Gasteiger partial charge in [0.05, 0.1) is 12.1 Å². The van der Waals surface area contributed by atoms with E-state index < -0.39 is 5.82 Å². The Bertz CT molecular complexity index is 1320. The van der Waals surface area contributed by atoms with Crippen LogP contribution in [-0.2, 0) is 11.2 Å². The van der Waals surface area contributed by atoms with E-state index in [9.17, 15) is 14.0 Å². The van der Waals surface area contributed by atoms with Gasteiger partial charge in [0.15, 0.2) is 0 Å². The molecule has 4 aromatic rings. The summed E-state index contributed by atoms with van der Waals surface area (Å²) in [4.78, 5) is 25.0. The first-order valence-corrected chi connectivity index (χ1v) is 9.68. The number of fused-ring (bicyclic) bond motifs is 1. The molecule has 8 nitrogen and oxygen atoms in total. The Balaban J connectivity index is 1.50. The van der Waals surface area contributed by atoms with Crippen molar-refractivity contribution in [2.75, 3.05) is 12.4 Å². The highest BCUT2D eigenvalue weighted by Gasteiger charge is 2.13. The number of nitrogens with one attached hydrogen (secondary N) is 1. The van der Waals surface area contributed by atoms with Gasteiger partial charge < -0.3 is 10.1 Å². The monoisotopic (exact) mass is 441 g/mol. The molecule has 0 aliphatic heterocycles. The summed E-state index contributed by atoms with van der Waals surface area (Å²) < 4.78 is 21.4. The Morgan fingerprint density at radius 2 is 1.94 bits per heavy atom. The SMILES string of the molecule is COc1ccc(-n2ccn3c(CCC(=O)Nc4ccc(F)c(Cl)c4)nnc3c2=O)cc1. The lowest BCUT2D eigenvalue weighted by atomic mass is 10.2. The zero-order valence-corrected chi connectivity index (χ0v) is 17.1. The van der Waals surface area contributed by atoms with Crippen LogP contribution >= 0.6 is 11.6 Å². The molecule has 2 aromatic heterocycles. The molecule has 1 N–H and O–H groups in total. The second-order valence-electron chi connectivity index (χ2n) is 6.66. The van der Waals surface area contributed by atoms with Gasteiger partial charge in [-0.1, -0.05) is 11.6 Å². The van der Waals surface area contributed by atoms with Crippen LogP contribution in [0.15, 0.2) is 59.7 Å². The molecule has 2 heterocycles. The molecule has 0 aliphatic carbocycles. The number of carbonyl (C=O) groups is 1. The third kappa shape index (κ3) is 4.26. The summed E-state index contributed by atoms with van der Waals surface area (Å²) >= 11 is 5.72. The summed E-state index contributed by atoms with van der Waals surface area (Å²) in [5.74, 6) is 0.297. The number of benzene rings is 2. The van der Waals surface area contributed by atoms with Crippen LogP contribution < -0.4 is 15.6 Å². The topological polar surface area (TPSA) is 90.5 Å². The average molecular weight is 442 g/mol. The fourth-order valence-corrected chi connectivity index (χ4v) is 3.25. The normalized spacial score (nSPS) is 10.9. The van der Waals surface area contributed by atoms with E-state index in [1.807, 2.05) is 0 Å². The number of aromatic nitrogens is 4. The first-order chi connectivity index (χ1) is 15.0. The molecule has 0 saturated carbocycles. The van der Waals surface area contributed by atoms with Gasteiger partial charge in [0, 0.05) is 36.6 Å². The number of carbonyl (C=O) groups excluding carboxylic acids is 1. The zero-order chi connectivity index (χ0) is 22.0. The van der Waals surface area contributed by atoms with Gasteiger partial charge in [-0.3, -0.25) is 18.6 Å². The van der Waals surface area contributed by atoms with Crippen molar-refractivity contribution in [2.45, 2.75) is 12.8 Å². The third-order valence-electron chi connectivity index (χ3n) is 4.67. The molecule has 0 radical (unpaired) electrons.